The van der Waals surface area contributed by atoms with Gasteiger partial charge in [-0.05, 0) is 60.8 Å². The predicted molar refractivity (Wildman–Crippen MR) is 126 cm³/mol. The molecule has 1 atom stereocenters. The van der Waals surface area contributed by atoms with Crippen LogP contribution in [0.1, 0.15) is 23.6 Å². The summed E-state index contributed by atoms with van der Waals surface area (Å²) < 4.78 is 5.25. The maximum Gasteiger partial charge on any atom is 0.359 e. The van der Waals surface area contributed by atoms with Gasteiger partial charge in [0, 0.05) is 55.5 Å². The second-order valence-electron chi connectivity index (χ2n) is 8.55. The Labute approximate surface area is 181 Å². The quantitative estimate of drug-likeness (QED) is 0.547. The fourth-order valence-corrected chi connectivity index (χ4v) is 4.63. The monoisotopic (exact) mass is 419 g/mol. The van der Waals surface area contributed by atoms with Gasteiger partial charge in [0.05, 0.1) is 0 Å². The summed E-state index contributed by atoms with van der Waals surface area (Å²) in [7, 11) is 0. The second-order valence-corrected chi connectivity index (χ2v) is 8.55. The molecule has 5 rings (SSSR count). The summed E-state index contributed by atoms with van der Waals surface area (Å²) >= 11 is 0. The Morgan fingerprint density at radius 2 is 1.90 bits per heavy atom. The molecule has 7 heteroatoms. The van der Waals surface area contributed by atoms with Gasteiger partial charge in [-0.1, -0.05) is 12.1 Å². The lowest BCUT2D eigenvalue weighted by Gasteiger charge is -2.36. The lowest BCUT2D eigenvalue weighted by molar-refractivity contribution is 0.255. The van der Waals surface area contributed by atoms with Crippen molar-refractivity contribution in [3.05, 3.63) is 64.0 Å². The lowest BCUT2D eigenvalue weighted by Crippen LogP contribution is -2.46. The highest BCUT2D eigenvalue weighted by molar-refractivity contribution is 5.83. The van der Waals surface area contributed by atoms with E-state index >= 15 is 0 Å². The Balaban J connectivity index is 1.14. The third-order valence-electron chi connectivity index (χ3n) is 6.45. The number of nitrogens with zero attached hydrogens (tertiary/aromatic N) is 2. The van der Waals surface area contributed by atoms with Crippen molar-refractivity contribution in [3.63, 3.8) is 0 Å². The van der Waals surface area contributed by atoms with Gasteiger partial charge in [0.1, 0.15) is 11.3 Å². The average molecular weight is 420 g/mol. The first-order valence-corrected chi connectivity index (χ1v) is 11.0. The summed E-state index contributed by atoms with van der Waals surface area (Å²) in [6.45, 7) is 6.00. The van der Waals surface area contributed by atoms with E-state index in [0.717, 1.165) is 63.2 Å². The Kier molecular flexibility index (Phi) is 5.29. The molecule has 2 aliphatic heterocycles. The van der Waals surface area contributed by atoms with Gasteiger partial charge >= 0.3 is 5.63 Å². The van der Waals surface area contributed by atoms with E-state index in [0.29, 0.717) is 5.58 Å². The van der Waals surface area contributed by atoms with Gasteiger partial charge in [-0.2, -0.15) is 0 Å². The zero-order chi connectivity index (χ0) is 21.4. The largest absolute Gasteiger partial charge is 0.421 e. The van der Waals surface area contributed by atoms with Gasteiger partial charge in [0.15, 0.2) is 0 Å². The van der Waals surface area contributed by atoms with Crippen molar-refractivity contribution >= 4 is 28.0 Å². The van der Waals surface area contributed by atoms with E-state index in [2.05, 4.69) is 39.4 Å². The number of rotatable bonds is 5. The number of anilines is 3. The first-order chi connectivity index (χ1) is 15.1. The van der Waals surface area contributed by atoms with Crippen LogP contribution >= 0.6 is 0 Å². The molecule has 0 aliphatic carbocycles. The molecule has 162 valence electrons. The van der Waals surface area contributed by atoms with Crippen LogP contribution in [0.25, 0.3) is 11.0 Å². The molecule has 1 unspecified atom stereocenters. The van der Waals surface area contributed by atoms with E-state index in [4.69, 9.17) is 15.9 Å². The molecule has 31 heavy (non-hydrogen) atoms. The van der Waals surface area contributed by atoms with Crippen LogP contribution in [-0.4, -0.2) is 44.2 Å². The predicted octanol–water partition coefficient (Wildman–Crippen LogP) is 2.56. The van der Waals surface area contributed by atoms with E-state index in [9.17, 15) is 4.79 Å². The number of nitrogen functional groups attached to an aromatic ring is 1. The molecule has 7 nitrogen and oxygen atoms in total. The summed E-state index contributed by atoms with van der Waals surface area (Å²) in [6.07, 6.45) is 2.23. The normalized spacial score (nSPS) is 18.9. The van der Waals surface area contributed by atoms with Gasteiger partial charge in [-0.15, -0.1) is 0 Å². The molecule has 3 heterocycles. The van der Waals surface area contributed by atoms with Crippen LogP contribution < -0.4 is 27.3 Å². The number of nitrogens with one attached hydrogen (secondary N) is 1. The number of fused-ring (bicyclic) bond motifs is 2. The number of hydrogen-bond acceptors (Lipinski definition) is 7. The fraction of sp³-hybridized carbons (Fsp3) is 0.375. The Morgan fingerprint density at radius 3 is 2.74 bits per heavy atom. The third kappa shape index (κ3) is 4.11. The molecule has 5 N–H and O–H groups in total. The molecule has 3 aromatic rings. The van der Waals surface area contributed by atoms with E-state index in [1.54, 1.807) is 6.07 Å². The molecule has 0 spiro atoms. The molecule has 0 bridgehead atoms. The molecule has 0 saturated carbocycles. The van der Waals surface area contributed by atoms with Crippen molar-refractivity contribution < 1.29 is 4.42 Å². The Morgan fingerprint density at radius 1 is 1.06 bits per heavy atom. The van der Waals surface area contributed by atoms with Crippen molar-refractivity contribution in [1.82, 2.24) is 4.90 Å². The van der Waals surface area contributed by atoms with Gasteiger partial charge in [0.2, 0.25) is 0 Å². The minimum absolute atomic E-state index is 0.116. The third-order valence-corrected chi connectivity index (χ3v) is 6.45. The zero-order valence-electron chi connectivity index (χ0n) is 17.6. The van der Waals surface area contributed by atoms with Crippen molar-refractivity contribution in [2.45, 2.75) is 18.9 Å². The summed E-state index contributed by atoms with van der Waals surface area (Å²) in [5, 5.41) is 4.22. The highest BCUT2D eigenvalue weighted by Gasteiger charge is 2.19. The molecule has 2 aliphatic rings. The van der Waals surface area contributed by atoms with Crippen LogP contribution in [0.2, 0.25) is 0 Å². The second kappa shape index (κ2) is 8.24. The molecule has 2 aromatic carbocycles. The van der Waals surface area contributed by atoms with Gasteiger partial charge in [-0.25, -0.2) is 4.79 Å². The molecular weight excluding hydrogens is 390 g/mol. The summed E-state index contributed by atoms with van der Waals surface area (Å²) in [6, 6.07) is 14.4. The highest BCUT2D eigenvalue weighted by atomic mass is 16.4. The Bertz CT molecular complexity index is 1150. The van der Waals surface area contributed by atoms with Crippen LogP contribution in [0, 0.1) is 0 Å². The van der Waals surface area contributed by atoms with Crippen molar-refractivity contribution in [3.8, 4) is 0 Å². The van der Waals surface area contributed by atoms with Crippen LogP contribution in [0.15, 0.2) is 51.7 Å². The van der Waals surface area contributed by atoms with Crippen LogP contribution in [0.5, 0.6) is 0 Å². The van der Waals surface area contributed by atoms with E-state index < -0.39 is 5.63 Å². The Hall–Kier alpha value is -3.03. The number of aryl methyl sites for hydroxylation is 1. The maximum absolute atomic E-state index is 11.6. The summed E-state index contributed by atoms with van der Waals surface area (Å²) in [5.41, 5.74) is 17.1. The molecule has 0 amide bonds. The van der Waals surface area contributed by atoms with Crippen LogP contribution in [0.3, 0.4) is 0 Å². The number of benzene rings is 2. The van der Waals surface area contributed by atoms with Gasteiger partial charge in [0.25, 0.3) is 0 Å². The van der Waals surface area contributed by atoms with E-state index in [1.807, 2.05) is 12.1 Å². The SMILES string of the molecule is Nc1cc2cc(N3CCN(CCCc4ccc5c(c4)C(N)CN5)CC3)ccc2oc1=O. The van der Waals surface area contributed by atoms with Gasteiger partial charge < -0.3 is 26.1 Å². The van der Waals surface area contributed by atoms with Crippen LogP contribution in [-0.2, 0) is 6.42 Å². The van der Waals surface area contributed by atoms with E-state index in [-0.39, 0.29) is 11.7 Å². The fourth-order valence-electron chi connectivity index (χ4n) is 4.63. The first kappa shape index (κ1) is 19.9. The summed E-state index contributed by atoms with van der Waals surface area (Å²) in [4.78, 5) is 16.5. The van der Waals surface area contributed by atoms with Crippen molar-refractivity contribution in [2.24, 2.45) is 5.73 Å². The number of nitrogens with two attached hydrogens (primary N) is 2. The maximum atomic E-state index is 11.6. The molecule has 1 fully saturated rings. The molecule has 0 radical (unpaired) electrons. The van der Waals surface area contributed by atoms with Crippen molar-refractivity contribution in [1.29, 1.82) is 0 Å². The average Bonchev–Trinajstić information content (AvgIpc) is 3.15. The van der Waals surface area contributed by atoms with Crippen LogP contribution in [0.4, 0.5) is 17.1 Å². The minimum atomic E-state index is -0.478. The molecule has 1 saturated heterocycles. The van der Waals surface area contributed by atoms with Gasteiger partial charge in [-0.3, -0.25) is 4.90 Å². The minimum Gasteiger partial charge on any atom is -0.421 e. The standard InChI is InChI=1S/C24H29N5O2/c25-20-14-17-13-18(4-6-23(17)31-24(20)30)29-10-8-28(9-11-29)7-1-2-16-3-5-22-19(12-16)21(26)15-27-22/h3-6,12-14,21,27H,1-2,7-11,15,25-26H2. The smallest absolute Gasteiger partial charge is 0.359 e. The number of piperazine rings is 1. The number of hydrogen-bond donors (Lipinski definition) is 3. The molecule has 1 aromatic heterocycles. The lowest BCUT2D eigenvalue weighted by atomic mass is 10.0. The zero-order valence-corrected chi connectivity index (χ0v) is 17.6. The van der Waals surface area contributed by atoms with E-state index in [1.165, 1.54) is 16.8 Å². The highest BCUT2D eigenvalue weighted by Crippen LogP contribution is 2.29. The topological polar surface area (TPSA) is 101 Å². The summed E-state index contributed by atoms with van der Waals surface area (Å²) in [5.74, 6) is 0. The van der Waals surface area contributed by atoms with Crippen molar-refractivity contribution in [2.75, 3.05) is 55.2 Å². The molecular formula is C24H29N5O2. The first-order valence-electron chi connectivity index (χ1n) is 11.0.